The Balaban J connectivity index is 1.74. The number of hydrogen-bond acceptors (Lipinski definition) is 6. The van der Waals surface area contributed by atoms with Crippen LogP contribution < -0.4 is 18.9 Å². The Bertz CT molecular complexity index is 803. The number of aromatic hydroxyl groups is 1. The first kappa shape index (κ1) is 19.2. The van der Waals surface area contributed by atoms with Crippen LogP contribution in [-0.4, -0.2) is 31.2 Å². The predicted octanol–water partition coefficient (Wildman–Crippen LogP) is 3.69. The molecule has 3 rings (SSSR count). The number of aliphatic hydroxyl groups excluding tert-OH is 1. The van der Waals surface area contributed by atoms with Gasteiger partial charge in [-0.2, -0.15) is 0 Å². The smallest absolute Gasteiger partial charge is 0.231 e. The van der Waals surface area contributed by atoms with E-state index in [9.17, 15) is 10.2 Å². The van der Waals surface area contributed by atoms with Crippen LogP contribution in [0, 0.1) is 11.8 Å². The molecule has 1 heterocycles. The van der Waals surface area contributed by atoms with Crippen LogP contribution in [0.4, 0.5) is 0 Å². The highest BCUT2D eigenvalue weighted by Gasteiger charge is 2.25. The third-order valence-electron chi connectivity index (χ3n) is 5.21. The normalized spacial score (nSPS) is 15.9. The zero-order valence-corrected chi connectivity index (χ0v) is 16.1. The maximum absolute atomic E-state index is 10.8. The van der Waals surface area contributed by atoms with Crippen LogP contribution in [0.2, 0.25) is 0 Å². The van der Waals surface area contributed by atoms with Crippen molar-refractivity contribution < 1.29 is 29.2 Å². The molecule has 0 radical (unpaired) electrons. The van der Waals surface area contributed by atoms with Crippen molar-refractivity contribution in [2.75, 3.05) is 21.0 Å². The summed E-state index contributed by atoms with van der Waals surface area (Å²) in [5.74, 6) is 2.26. The van der Waals surface area contributed by atoms with Gasteiger partial charge in [0.25, 0.3) is 0 Å². The van der Waals surface area contributed by atoms with Crippen molar-refractivity contribution in [1.82, 2.24) is 0 Å². The monoisotopic (exact) mass is 374 g/mol. The summed E-state index contributed by atoms with van der Waals surface area (Å²) in [5, 5.41) is 21.0. The zero-order valence-electron chi connectivity index (χ0n) is 16.1. The molecule has 0 aromatic heterocycles. The van der Waals surface area contributed by atoms with Crippen molar-refractivity contribution >= 4 is 0 Å². The molecule has 0 amide bonds. The first-order valence-corrected chi connectivity index (χ1v) is 8.96. The molecule has 1 aliphatic rings. The van der Waals surface area contributed by atoms with Gasteiger partial charge in [0, 0.05) is 0 Å². The summed E-state index contributed by atoms with van der Waals surface area (Å²) in [6, 6.07) is 9.15. The molecule has 0 fully saturated rings. The molecule has 2 aromatic rings. The average molecular weight is 374 g/mol. The topological polar surface area (TPSA) is 77.4 Å². The van der Waals surface area contributed by atoms with Crippen molar-refractivity contribution in [3.63, 3.8) is 0 Å². The molecule has 0 spiro atoms. The summed E-state index contributed by atoms with van der Waals surface area (Å²) in [7, 11) is 2.96. The number of rotatable bonds is 7. The molecule has 2 aromatic carbocycles. The van der Waals surface area contributed by atoms with Gasteiger partial charge in [-0.1, -0.05) is 19.9 Å². The van der Waals surface area contributed by atoms with Crippen molar-refractivity contribution in [2.24, 2.45) is 11.8 Å². The fourth-order valence-corrected chi connectivity index (χ4v) is 3.38. The molecular formula is C21H26O6. The fourth-order valence-electron chi connectivity index (χ4n) is 3.38. The minimum Gasteiger partial charge on any atom is -0.504 e. The summed E-state index contributed by atoms with van der Waals surface area (Å²) in [6.45, 7) is 4.35. The summed E-state index contributed by atoms with van der Waals surface area (Å²) < 4.78 is 21.2. The summed E-state index contributed by atoms with van der Waals surface area (Å²) in [6.07, 6.45) is 0.0356. The largest absolute Gasteiger partial charge is 0.504 e. The van der Waals surface area contributed by atoms with Gasteiger partial charge in [-0.15, -0.1) is 0 Å². The maximum Gasteiger partial charge on any atom is 0.231 e. The van der Waals surface area contributed by atoms with Gasteiger partial charge in [0.05, 0.1) is 20.3 Å². The maximum atomic E-state index is 10.8. The Labute approximate surface area is 159 Å². The van der Waals surface area contributed by atoms with Crippen LogP contribution in [0.3, 0.4) is 0 Å². The highest BCUT2D eigenvalue weighted by atomic mass is 16.7. The fraction of sp³-hybridized carbons (Fsp3) is 0.429. The molecule has 6 heteroatoms. The van der Waals surface area contributed by atoms with Crippen LogP contribution in [0.15, 0.2) is 30.3 Å². The molecule has 0 saturated heterocycles. The molecule has 2 N–H and O–H groups in total. The molecule has 0 bridgehead atoms. The minimum absolute atomic E-state index is 0.0482. The van der Waals surface area contributed by atoms with Crippen LogP contribution in [-0.2, 0) is 6.42 Å². The highest BCUT2D eigenvalue weighted by molar-refractivity contribution is 5.53. The quantitative estimate of drug-likeness (QED) is 0.770. The Hall–Kier alpha value is -2.60. The van der Waals surface area contributed by atoms with E-state index in [1.54, 1.807) is 6.07 Å². The highest BCUT2D eigenvalue weighted by Crippen LogP contribution is 2.41. The summed E-state index contributed by atoms with van der Waals surface area (Å²) in [5.41, 5.74) is 1.72. The van der Waals surface area contributed by atoms with Gasteiger partial charge in [0.2, 0.25) is 12.5 Å². The predicted molar refractivity (Wildman–Crippen MR) is 101 cm³/mol. The van der Waals surface area contributed by atoms with Gasteiger partial charge in [0.15, 0.2) is 23.0 Å². The second-order valence-electron chi connectivity index (χ2n) is 6.95. The molecule has 0 saturated carbocycles. The van der Waals surface area contributed by atoms with Crippen molar-refractivity contribution in [3.8, 4) is 28.7 Å². The van der Waals surface area contributed by atoms with Crippen LogP contribution in [0.25, 0.3) is 0 Å². The van der Waals surface area contributed by atoms with E-state index in [4.69, 9.17) is 18.9 Å². The SMILES string of the molecule is COc1cc([C@@H](O)[C@H](C)[C@@H](C)Cc2ccc3c(c2)OCO3)cc(O)c1OC. The molecule has 146 valence electrons. The zero-order chi connectivity index (χ0) is 19.6. The summed E-state index contributed by atoms with van der Waals surface area (Å²) in [4.78, 5) is 0. The van der Waals surface area contributed by atoms with Gasteiger partial charge in [-0.3, -0.25) is 0 Å². The summed E-state index contributed by atoms with van der Waals surface area (Å²) >= 11 is 0. The number of phenols is 1. The molecule has 3 atom stereocenters. The van der Waals surface area contributed by atoms with Gasteiger partial charge in [0.1, 0.15) is 0 Å². The molecule has 27 heavy (non-hydrogen) atoms. The number of ether oxygens (including phenoxy) is 4. The number of hydrogen-bond donors (Lipinski definition) is 2. The van der Waals surface area contributed by atoms with Crippen LogP contribution in [0.1, 0.15) is 31.1 Å². The van der Waals surface area contributed by atoms with E-state index in [-0.39, 0.29) is 30.1 Å². The van der Waals surface area contributed by atoms with Crippen LogP contribution >= 0.6 is 0 Å². The second-order valence-corrected chi connectivity index (χ2v) is 6.95. The van der Waals surface area contributed by atoms with E-state index in [0.717, 1.165) is 23.5 Å². The lowest BCUT2D eigenvalue weighted by atomic mass is 9.83. The number of aliphatic hydroxyl groups is 1. The van der Waals surface area contributed by atoms with E-state index in [1.807, 2.05) is 25.1 Å². The van der Waals surface area contributed by atoms with Gasteiger partial charge < -0.3 is 29.2 Å². The van der Waals surface area contributed by atoms with E-state index in [0.29, 0.717) is 11.3 Å². The first-order chi connectivity index (χ1) is 12.9. The third kappa shape index (κ3) is 3.90. The Morgan fingerprint density at radius 3 is 2.48 bits per heavy atom. The number of fused-ring (bicyclic) bond motifs is 1. The molecule has 6 nitrogen and oxygen atoms in total. The average Bonchev–Trinajstić information content (AvgIpc) is 3.13. The first-order valence-electron chi connectivity index (χ1n) is 8.96. The molecule has 0 unspecified atom stereocenters. The van der Waals surface area contributed by atoms with Gasteiger partial charge in [-0.25, -0.2) is 0 Å². The van der Waals surface area contributed by atoms with Crippen molar-refractivity contribution in [3.05, 3.63) is 41.5 Å². The standard InChI is InChI=1S/C21H26O6/c1-12(7-14-5-6-17-18(8-14)27-11-26-17)13(2)20(23)15-9-16(22)21(25-4)19(10-15)24-3/h5-6,8-10,12-13,20,22-23H,7,11H2,1-4H3/t12-,13+,20-/m0/s1. The van der Waals surface area contributed by atoms with E-state index < -0.39 is 6.10 Å². The lowest BCUT2D eigenvalue weighted by molar-refractivity contribution is 0.0866. The second kappa shape index (κ2) is 7.96. The van der Waals surface area contributed by atoms with E-state index in [2.05, 4.69) is 6.92 Å². The Morgan fingerprint density at radius 2 is 1.78 bits per heavy atom. The van der Waals surface area contributed by atoms with Gasteiger partial charge in [-0.05, 0) is 53.6 Å². The lowest BCUT2D eigenvalue weighted by Gasteiger charge is -2.26. The van der Waals surface area contributed by atoms with Crippen molar-refractivity contribution in [2.45, 2.75) is 26.4 Å². The third-order valence-corrected chi connectivity index (χ3v) is 5.21. The lowest BCUT2D eigenvalue weighted by Crippen LogP contribution is -2.19. The Morgan fingerprint density at radius 1 is 1.04 bits per heavy atom. The molecule has 0 aliphatic carbocycles. The minimum atomic E-state index is -0.750. The Kier molecular flexibility index (Phi) is 5.65. The van der Waals surface area contributed by atoms with Crippen molar-refractivity contribution in [1.29, 1.82) is 0 Å². The van der Waals surface area contributed by atoms with Gasteiger partial charge >= 0.3 is 0 Å². The number of phenolic OH excluding ortho intramolecular Hbond substituents is 1. The number of methoxy groups -OCH3 is 2. The molecular weight excluding hydrogens is 348 g/mol. The van der Waals surface area contributed by atoms with E-state index >= 15 is 0 Å². The van der Waals surface area contributed by atoms with E-state index in [1.165, 1.54) is 20.3 Å². The molecule has 1 aliphatic heterocycles. The van der Waals surface area contributed by atoms with Crippen LogP contribution in [0.5, 0.6) is 28.7 Å². The number of benzene rings is 2.